The lowest BCUT2D eigenvalue weighted by molar-refractivity contribution is -0.192. The van der Waals surface area contributed by atoms with Crippen LogP contribution >= 0.6 is 11.5 Å². The second-order valence-electron chi connectivity index (χ2n) is 6.59. The zero-order chi connectivity index (χ0) is 22.4. The number of ether oxygens (including phenoxy) is 1. The van der Waals surface area contributed by atoms with Crippen LogP contribution in [0.5, 0.6) is 0 Å². The maximum atomic E-state index is 11.6. The molecule has 0 amide bonds. The number of aromatic nitrogens is 2. The molecule has 0 aliphatic carbocycles. The van der Waals surface area contributed by atoms with Gasteiger partial charge in [0.15, 0.2) is 5.82 Å². The number of rotatable bonds is 5. The summed E-state index contributed by atoms with van der Waals surface area (Å²) in [6.45, 7) is 3.33. The minimum Gasteiger partial charge on any atom is -0.481 e. The normalized spacial score (nSPS) is 15.6. The van der Waals surface area contributed by atoms with Crippen LogP contribution in [0.15, 0.2) is 24.3 Å². The zero-order valence-electron chi connectivity index (χ0n) is 15.9. The van der Waals surface area contributed by atoms with Crippen molar-refractivity contribution in [1.29, 1.82) is 0 Å². The molecule has 1 aromatic heterocycles. The monoisotopic (exact) mass is 447 g/mol. The molecule has 0 radical (unpaired) electrons. The van der Waals surface area contributed by atoms with Gasteiger partial charge in [0.05, 0.1) is 5.41 Å². The van der Waals surface area contributed by atoms with Crippen LogP contribution in [0.4, 0.5) is 18.3 Å². The third kappa shape index (κ3) is 6.13. The molecule has 30 heavy (non-hydrogen) atoms. The summed E-state index contributed by atoms with van der Waals surface area (Å²) in [5, 5.41) is 20.5. The van der Waals surface area contributed by atoms with E-state index in [0.29, 0.717) is 43.6 Å². The Bertz CT molecular complexity index is 882. The summed E-state index contributed by atoms with van der Waals surface area (Å²) in [4.78, 5) is 25.0. The average molecular weight is 447 g/mol. The van der Waals surface area contributed by atoms with Gasteiger partial charge in [0, 0.05) is 36.9 Å². The highest BCUT2D eigenvalue weighted by Crippen LogP contribution is 2.32. The fraction of sp³-hybridized carbons (Fsp3) is 0.444. The first-order chi connectivity index (χ1) is 14.0. The summed E-state index contributed by atoms with van der Waals surface area (Å²) in [5.74, 6) is -2.86. The van der Waals surface area contributed by atoms with Gasteiger partial charge in [-0.15, -0.1) is 0 Å². The predicted molar refractivity (Wildman–Crippen MR) is 102 cm³/mol. The minimum atomic E-state index is -5.08. The van der Waals surface area contributed by atoms with Crippen molar-refractivity contribution in [2.24, 2.45) is 5.41 Å². The van der Waals surface area contributed by atoms with Crippen LogP contribution in [-0.2, 0) is 14.3 Å². The molecule has 0 bridgehead atoms. The van der Waals surface area contributed by atoms with Gasteiger partial charge < -0.3 is 20.3 Å². The van der Waals surface area contributed by atoms with E-state index in [1.54, 1.807) is 0 Å². The quantitative estimate of drug-likeness (QED) is 0.637. The van der Waals surface area contributed by atoms with E-state index in [1.165, 1.54) is 11.5 Å². The molecule has 1 aliphatic heterocycles. The van der Waals surface area contributed by atoms with E-state index in [9.17, 15) is 23.1 Å². The van der Waals surface area contributed by atoms with E-state index < -0.39 is 23.5 Å². The average Bonchev–Trinajstić information content (AvgIpc) is 3.16. The topological polar surface area (TPSA) is 122 Å². The zero-order valence-corrected chi connectivity index (χ0v) is 16.7. The number of aryl methyl sites for hydroxylation is 1. The molecule has 0 unspecified atom stereocenters. The van der Waals surface area contributed by atoms with Crippen molar-refractivity contribution in [2.45, 2.75) is 25.9 Å². The van der Waals surface area contributed by atoms with E-state index in [2.05, 4.69) is 14.7 Å². The van der Waals surface area contributed by atoms with E-state index in [4.69, 9.17) is 14.6 Å². The van der Waals surface area contributed by atoms with Crippen molar-refractivity contribution in [3.8, 4) is 11.4 Å². The van der Waals surface area contributed by atoms with Gasteiger partial charge >= 0.3 is 18.1 Å². The number of alkyl halides is 3. The number of hydrogen-bond donors (Lipinski definition) is 3. The maximum absolute atomic E-state index is 11.6. The molecule has 0 atom stereocenters. The van der Waals surface area contributed by atoms with E-state index in [1.807, 2.05) is 31.2 Å². The second kappa shape index (κ2) is 9.85. The van der Waals surface area contributed by atoms with Gasteiger partial charge in [-0.1, -0.05) is 24.3 Å². The number of carboxylic acids is 2. The molecule has 12 heteroatoms. The van der Waals surface area contributed by atoms with Crippen LogP contribution in [-0.4, -0.2) is 57.4 Å². The lowest BCUT2D eigenvalue weighted by Gasteiger charge is -2.32. The third-order valence-electron chi connectivity index (χ3n) is 4.54. The van der Waals surface area contributed by atoms with Gasteiger partial charge in [0.25, 0.3) is 0 Å². The number of hydrogen-bond acceptors (Lipinski definition) is 7. The number of nitrogens with one attached hydrogen (secondary N) is 1. The van der Waals surface area contributed by atoms with Gasteiger partial charge in [0.1, 0.15) is 0 Å². The molecule has 3 N–H and O–H groups in total. The Morgan fingerprint density at radius 1 is 1.23 bits per heavy atom. The second-order valence-corrected chi connectivity index (χ2v) is 7.34. The van der Waals surface area contributed by atoms with Crippen LogP contribution in [0, 0.1) is 12.3 Å². The lowest BCUT2D eigenvalue weighted by atomic mass is 9.80. The summed E-state index contributed by atoms with van der Waals surface area (Å²) in [5.41, 5.74) is 1.33. The van der Waals surface area contributed by atoms with Crippen LogP contribution in [0.25, 0.3) is 11.4 Å². The number of carboxylic acid groups (broad SMARTS) is 2. The number of nitrogens with zero attached hydrogens (tertiary/aromatic N) is 2. The molecule has 164 valence electrons. The lowest BCUT2D eigenvalue weighted by Crippen LogP contribution is -2.42. The molecule has 8 nitrogen and oxygen atoms in total. The Balaban J connectivity index is 0.000000396. The Kier molecular flexibility index (Phi) is 7.73. The van der Waals surface area contributed by atoms with Gasteiger partial charge in [0.2, 0.25) is 5.13 Å². The minimum absolute atomic E-state index is 0.341. The Labute approximate surface area is 173 Å². The third-order valence-corrected chi connectivity index (χ3v) is 5.21. The van der Waals surface area contributed by atoms with E-state index in [0.717, 1.165) is 11.1 Å². The highest BCUT2D eigenvalue weighted by atomic mass is 32.1. The van der Waals surface area contributed by atoms with Crippen molar-refractivity contribution < 1.29 is 37.7 Å². The van der Waals surface area contributed by atoms with Crippen LogP contribution in [0.2, 0.25) is 0 Å². The molecule has 0 spiro atoms. The largest absolute Gasteiger partial charge is 0.490 e. The fourth-order valence-electron chi connectivity index (χ4n) is 2.70. The number of halogens is 3. The van der Waals surface area contributed by atoms with Gasteiger partial charge in [-0.2, -0.15) is 22.5 Å². The summed E-state index contributed by atoms with van der Waals surface area (Å²) in [7, 11) is 0. The first-order valence-corrected chi connectivity index (χ1v) is 9.57. The first-order valence-electron chi connectivity index (χ1n) is 8.80. The van der Waals surface area contributed by atoms with Gasteiger partial charge in [-0.25, -0.2) is 4.79 Å². The summed E-state index contributed by atoms with van der Waals surface area (Å²) < 4.78 is 41.4. The van der Waals surface area contributed by atoms with Crippen molar-refractivity contribution in [3.63, 3.8) is 0 Å². The fourth-order valence-corrected chi connectivity index (χ4v) is 3.28. The molecule has 0 saturated carbocycles. The highest BCUT2D eigenvalue weighted by molar-refractivity contribution is 7.09. The van der Waals surface area contributed by atoms with Crippen molar-refractivity contribution >= 4 is 28.6 Å². The molecule has 2 aromatic rings. The number of carbonyl (C=O) groups is 2. The van der Waals surface area contributed by atoms with Crippen LogP contribution in [0.1, 0.15) is 18.4 Å². The number of benzene rings is 1. The smallest absolute Gasteiger partial charge is 0.481 e. The standard InChI is InChI=1S/C16H19N3O3S.C2HF3O2/c1-11-4-2-3-5-12(11)13-18-15(23-19-13)17-10-16(14(20)21)6-8-22-9-7-16;3-2(4,5)1(6)7/h2-5H,6-10H2,1H3,(H,20,21)(H,17,18,19);(H,6,7). The molecule has 2 heterocycles. The van der Waals surface area contributed by atoms with Gasteiger partial charge in [-0.05, 0) is 25.3 Å². The van der Waals surface area contributed by atoms with E-state index >= 15 is 0 Å². The van der Waals surface area contributed by atoms with Crippen molar-refractivity contribution in [3.05, 3.63) is 29.8 Å². The molecule has 3 rings (SSSR count). The van der Waals surface area contributed by atoms with Crippen molar-refractivity contribution in [2.75, 3.05) is 25.1 Å². The molecule has 1 saturated heterocycles. The van der Waals surface area contributed by atoms with Crippen LogP contribution < -0.4 is 5.32 Å². The summed E-state index contributed by atoms with van der Waals surface area (Å²) in [6.07, 6.45) is -4.06. The first kappa shape index (κ1) is 23.5. The number of anilines is 1. The maximum Gasteiger partial charge on any atom is 0.490 e. The van der Waals surface area contributed by atoms with Crippen LogP contribution in [0.3, 0.4) is 0 Å². The number of aliphatic carboxylic acids is 2. The molecular weight excluding hydrogens is 427 g/mol. The Hall–Kier alpha value is -2.73. The van der Waals surface area contributed by atoms with Gasteiger partial charge in [-0.3, -0.25) is 4.79 Å². The molecule has 1 aliphatic rings. The summed E-state index contributed by atoms with van der Waals surface area (Å²) in [6, 6.07) is 7.94. The SMILES string of the molecule is Cc1ccccc1-c1nsc(NCC2(C(=O)O)CCOCC2)n1.O=C(O)C(F)(F)F. The molecular formula is C18H20F3N3O5S. The van der Waals surface area contributed by atoms with E-state index in [-0.39, 0.29) is 0 Å². The van der Waals surface area contributed by atoms with Crippen molar-refractivity contribution in [1.82, 2.24) is 9.36 Å². The predicted octanol–water partition coefficient (Wildman–Crippen LogP) is 3.44. The molecule has 1 fully saturated rings. The molecule has 1 aromatic carbocycles. The Morgan fingerprint density at radius 3 is 2.37 bits per heavy atom. The Morgan fingerprint density at radius 2 is 1.83 bits per heavy atom. The summed E-state index contributed by atoms with van der Waals surface area (Å²) >= 11 is 1.26. The highest BCUT2D eigenvalue weighted by Gasteiger charge is 2.40.